The van der Waals surface area contributed by atoms with Gasteiger partial charge in [-0.05, 0) is 41.3 Å². The van der Waals surface area contributed by atoms with Crippen molar-refractivity contribution in [2.24, 2.45) is 0 Å². The van der Waals surface area contributed by atoms with E-state index in [0.29, 0.717) is 11.7 Å². The largest absolute Gasteiger partial charge is 0.397 e. The first-order valence-corrected chi connectivity index (χ1v) is 6.22. The monoisotopic (exact) mass is 285 g/mol. The normalized spacial score (nSPS) is 20.8. The summed E-state index contributed by atoms with van der Waals surface area (Å²) in [5, 5.41) is 3.38. The van der Waals surface area contributed by atoms with E-state index in [1.807, 2.05) is 6.92 Å². The van der Waals surface area contributed by atoms with E-state index >= 15 is 0 Å². The first-order valence-electron chi connectivity index (χ1n) is 5.43. The molecule has 1 atom stereocenters. The molecule has 1 fully saturated rings. The maximum atomic E-state index is 5.78. The first kappa shape index (κ1) is 11.7. The number of nitrogens with two attached hydrogens (primary N) is 1. The molecule has 1 unspecified atom stereocenters. The fraction of sp³-hybridized carbons (Fsp3) is 0.545. The van der Waals surface area contributed by atoms with Gasteiger partial charge in [-0.15, -0.1) is 0 Å². The van der Waals surface area contributed by atoms with Crippen LogP contribution in [0.4, 0.5) is 11.5 Å². The lowest BCUT2D eigenvalue weighted by Crippen LogP contribution is -2.30. The van der Waals surface area contributed by atoms with Gasteiger partial charge >= 0.3 is 0 Å². The smallest absolute Gasteiger partial charge is 0.141 e. The molecule has 0 spiro atoms. The Morgan fingerprint density at radius 2 is 2.44 bits per heavy atom. The molecule has 0 radical (unpaired) electrons. The third kappa shape index (κ3) is 2.47. The van der Waals surface area contributed by atoms with Gasteiger partial charge < -0.3 is 15.8 Å². The van der Waals surface area contributed by atoms with Crippen LogP contribution in [0.15, 0.2) is 10.7 Å². The van der Waals surface area contributed by atoms with Crippen LogP contribution in [0.3, 0.4) is 0 Å². The molecule has 2 rings (SSSR count). The number of hydrogen-bond acceptors (Lipinski definition) is 4. The molecule has 1 aromatic rings. The Morgan fingerprint density at radius 1 is 1.62 bits per heavy atom. The molecule has 5 heteroatoms. The zero-order chi connectivity index (χ0) is 11.5. The van der Waals surface area contributed by atoms with Crippen LogP contribution < -0.4 is 11.1 Å². The molecule has 3 N–H and O–H groups in total. The average molecular weight is 286 g/mol. The summed E-state index contributed by atoms with van der Waals surface area (Å²) in [6.07, 6.45) is 3.91. The highest BCUT2D eigenvalue weighted by atomic mass is 79.9. The van der Waals surface area contributed by atoms with Crippen molar-refractivity contribution in [2.75, 3.05) is 24.3 Å². The van der Waals surface area contributed by atoms with Gasteiger partial charge in [0.25, 0.3) is 0 Å². The van der Waals surface area contributed by atoms with Gasteiger partial charge in [-0.2, -0.15) is 0 Å². The standard InChI is InChI=1S/C11H16BrN3O/c1-7-9(13)5-14-11(10(7)12)15-8-3-2-4-16-6-8/h5,8H,2-4,6,13H2,1H3,(H,14,15). The molecule has 1 aromatic heterocycles. The summed E-state index contributed by atoms with van der Waals surface area (Å²) in [7, 11) is 0. The lowest BCUT2D eigenvalue weighted by molar-refractivity contribution is 0.0875. The molecule has 2 heterocycles. The number of hydrogen-bond donors (Lipinski definition) is 2. The fourth-order valence-corrected chi connectivity index (χ4v) is 2.19. The molecule has 1 aliphatic heterocycles. The number of pyridine rings is 1. The number of nitrogens with one attached hydrogen (secondary N) is 1. The minimum absolute atomic E-state index is 0.348. The van der Waals surface area contributed by atoms with Gasteiger partial charge in [-0.3, -0.25) is 0 Å². The minimum Gasteiger partial charge on any atom is -0.397 e. The van der Waals surface area contributed by atoms with Crippen LogP contribution >= 0.6 is 15.9 Å². The number of ether oxygens (including phenoxy) is 1. The highest BCUT2D eigenvalue weighted by Crippen LogP contribution is 2.28. The van der Waals surface area contributed by atoms with Gasteiger partial charge in [0.1, 0.15) is 5.82 Å². The molecule has 0 amide bonds. The van der Waals surface area contributed by atoms with Gasteiger partial charge in [0, 0.05) is 6.61 Å². The number of anilines is 2. The Labute approximate surface area is 104 Å². The van der Waals surface area contributed by atoms with Crippen molar-refractivity contribution >= 4 is 27.4 Å². The van der Waals surface area contributed by atoms with Crippen LogP contribution in [0.25, 0.3) is 0 Å². The van der Waals surface area contributed by atoms with Crippen LogP contribution in [-0.2, 0) is 4.74 Å². The van der Waals surface area contributed by atoms with E-state index < -0.39 is 0 Å². The Bertz CT molecular complexity index is 378. The van der Waals surface area contributed by atoms with Gasteiger partial charge in [-0.1, -0.05) is 0 Å². The second-order valence-corrected chi connectivity index (χ2v) is 4.85. The lowest BCUT2D eigenvalue weighted by Gasteiger charge is -2.24. The van der Waals surface area contributed by atoms with E-state index in [9.17, 15) is 0 Å². The maximum absolute atomic E-state index is 5.78. The van der Waals surface area contributed by atoms with Crippen LogP contribution in [0.2, 0.25) is 0 Å². The second kappa shape index (κ2) is 5.01. The summed E-state index contributed by atoms with van der Waals surface area (Å²) in [5.41, 5.74) is 7.51. The van der Waals surface area contributed by atoms with Crippen LogP contribution in [0, 0.1) is 6.92 Å². The zero-order valence-corrected chi connectivity index (χ0v) is 10.9. The van der Waals surface area contributed by atoms with E-state index in [-0.39, 0.29) is 0 Å². The summed E-state index contributed by atoms with van der Waals surface area (Å²) >= 11 is 3.51. The van der Waals surface area contributed by atoms with E-state index in [4.69, 9.17) is 10.5 Å². The van der Waals surface area contributed by atoms with Crippen LogP contribution in [0.5, 0.6) is 0 Å². The predicted octanol–water partition coefficient (Wildman–Crippen LogP) is 2.33. The Balaban J connectivity index is 2.11. The van der Waals surface area contributed by atoms with E-state index in [0.717, 1.165) is 41.9 Å². The number of rotatable bonds is 2. The highest BCUT2D eigenvalue weighted by molar-refractivity contribution is 9.10. The van der Waals surface area contributed by atoms with Crippen molar-refractivity contribution in [1.82, 2.24) is 4.98 Å². The van der Waals surface area contributed by atoms with Crippen LogP contribution in [0.1, 0.15) is 18.4 Å². The van der Waals surface area contributed by atoms with Gasteiger partial charge in [-0.25, -0.2) is 4.98 Å². The van der Waals surface area contributed by atoms with Crippen molar-refractivity contribution in [2.45, 2.75) is 25.8 Å². The van der Waals surface area contributed by atoms with Gasteiger partial charge in [0.15, 0.2) is 0 Å². The molecular formula is C11H16BrN3O. The van der Waals surface area contributed by atoms with Crippen molar-refractivity contribution in [3.05, 3.63) is 16.2 Å². The fourth-order valence-electron chi connectivity index (χ4n) is 1.74. The van der Waals surface area contributed by atoms with Crippen molar-refractivity contribution in [3.63, 3.8) is 0 Å². The van der Waals surface area contributed by atoms with Crippen molar-refractivity contribution in [3.8, 4) is 0 Å². The summed E-state index contributed by atoms with van der Waals surface area (Å²) < 4.78 is 6.36. The second-order valence-electron chi connectivity index (χ2n) is 4.06. The molecule has 16 heavy (non-hydrogen) atoms. The molecule has 1 saturated heterocycles. The van der Waals surface area contributed by atoms with Gasteiger partial charge in [0.2, 0.25) is 0 Å². The first-order chi connectivity index (χ1) is 7.68. The number of nitrogen functional groups attached to an aromatic ring is 1. The SMILES string of the molecule is Cc1c(N)cnc(NC2CCCOC2)c1Br. The van der Waals surface area contributed by atoms with Crippen LogP contribution in [-0.4, -0.2) is 24.2 Å². The number of aromatic nitrogens is 1. The van der Waals surface area contributed by atoms with E-state index in [1.165, 1.54) is 0 Å². The lowest BCUT2D eigenvalue weighted by atomic mass is 10.1. The molecule has 0 aromatic carbocycles. The molecular weight excluding hydrogens is 270 g/mol. The van der Waals surface area contributed by atoms with Crippen molar-refractivity contribution < 1.29 is 4.74 Å². The average Bonchev–Trinajstić information content (AvgIpc) is 2.31. The predicted molar refractivity (Wildman–Crippen MR) is 68.6 cm³/mol. The third-order valence-corrected chi connectivity index (χ3v) is 3.77. The topological polar surface area (TPSA) is 60.2 Å². The quantitative estimate of drug-likeness (QED) is 0.876. The zero-order valence-electron chi connectivity index (χ0n) is 9.29. The van der Waals surface area contributed by atoms with E-state index in [2.05, 4.69) is 26.2 Å². The summed E-state index contributed by atoms with van der Waals surface area (Å²) in [6, 6.07) is 0.348. The minimum atomic E-state index is 0.348. The highest BCUT2D eigenvalue weighted by Gasteiger charge is 2.16. The van der Waals surface area contributed by atoms with E-state index in [1.54, 1.807) is 6.20 Å². The Kier molecular flexibility index (Phi) is 3.66. The Hall–Kier alpha value is -0.810. The molecule has 4 nitrogen and oxygen atoms in total. The molecule has 0 bridgehead atoms. The number of halogens is 1. The molecule has 0 saturated carbocycles. The maximum Gasteiger partial charge on any atom is 0.141 e. The van der Waals surface area contributed by atoms with Crippen molar-refractivity contribution in [1.29, 1.82) is 0 Å². The summed E-state index contributed by atoms with van der Waals surface area (Å²) in [6.45, 7) is 3.59. The third-order valence-electron chi connectivity index (χ3n) is 2.80. The molecule has 88 valence electrons. The number of nitrogens with zero attached hydrogens (tertiary/aromatic N) is 1. The van der Waals surface area contributed by atoms with Gasteiger partial charge in [0.05, 0.1) is 29.0 Å². The molecule has 1 aliphatic rings. The summed E-state index contributed by atoms with van der Waals surface area (Å²) in [4.78, 5) is 4.29. The Morgan fingerprint density at radius 3 is 3.12 bits per heavy atom. The molecule has 0 aliphatic carbocycles. The summed E-state index contributed by atoms with van der Waals surface area (Å²) in [5.74, 6) is 0.849.